The highest BCUT2D eigenvalue weighted by Gasteiger charge is 2.26. The number of thioether (sulfide) groups is 1. The molecule has 0 radical (unpaired) electrons. The molecule has 6 nitrogen and oxygen atoms in total. The van der Waals surface area contributed by atoms with Crippen LogP contribution in [0.3, 0.4) is 0 Å². The number of carbonyl (C=O) groups excluding carboxylic acids is 1. The van der Waals surface area contributed by atoms with Crippen LogP contribution in [0.1, 0.15) is 30.7 Å². The van der Waals surface area contributed by atoms with E-state index in [-0.39, 0.29) is 33.4 Å². The van der Waals surface area contributed by atoms with Crippen molar-refractivity contribution in [2.24, 2.45) is 11.7 Å². The summed E-state index contributed by atoms with van der Waals surface area (Å²) in [7, 11) is 0. The molecule has 0 fully saturated rings. The van der Waals surface area contributed by atoms with Crippen molar-refractivity contribution in [1.29, 1.82) is 5.26 Å². The summed E-state index contributed by atoms with van der Waals surface area (Å²) in [5, 5.41) is 9.94. The molecular formula is C23H21FN4O2S2. The molecular weight excluding hydrogens is 447 g/mol. The van der Waals surface area contributed by atoms with Gasteiger partial charge in [-0.2, -0.15) is 5.26 Å². The third kappa shape index (κ3) is 3.96. The maximum absolute atomic E-state index is 14.7. The standard InChI is InChI=1S/C23H21FN4O2S2/c1-12-7-8-14-19(9-12)32-21-20(14)22(30)28(17-6-4-3-5-16(17)24)23(27-21)31-11-18(29)15(10-25)13(2)26/h3-6,12H,7-9,11,26H2,1-2H3/b15-13-/t12-/m1/s1. The van der Waals surface area contributed by atoms with Crippen molar-refractivity contribution in [3.05, 3.63) is 62.1 Å². The smallest absolute Gasteiger partial charge is 0.267 e. The van der Waals surface area contributed by atoms with Gasteiger partial charge in [-0.15, -0.1) is 11.3 Å². The van der Waals surface area contributed by atoms with Gasteiger partial charge in [0, 0.05) is 10.6 Å². The number of aromatic nitrogens is 2. The van der Waals surface area contributed by atoms with Crippen LogP contribution in [0.15, 0.2) is 45.5 Å². The number of nitriles is 1. The largest absolute Gasteiger partial charge is 0.401 e. The van der Waals surface area contributed by atoms with Crippen molar-refractivity contribution < 1.29 is 9.18 Å². The van der Waals surface area contributed by atoms with Gasteiger partial charge in [-0.05, 0) is 49.8 Å². The second-order valence-electron chi connectivity index (χ2n) is 7.90. The van der Waals surface area contributed by atoms with E-state index in [9.17, 15) is 19.2 Å². The van der Waals surface area contributed by atoms with E-state index in [2.05, 4.69) is 11.9 Å². The first-order valence-electron chi connectivity index (χ1n) is 10.2. The van der Waals surface area contributed by atoms with Gasteiger partial charge in [-0.1, -0.05) is 30.8 Å². The Hall–Kier alpha value is -2.96. The van der Waals surface area contributed by atoms with Crippen LogP contribution < -0.4 is 11.3 Å². The Morgan fingerprint density at radius 1 is 1.44 bits per heavy atom. The number of Topliss-reactive ketones (excluding diaryl/α,β-unsaturated/α-hetero) is 1. The third-order valence-electron chi connectivity index (χ3n) is 5.51. The number of aryl methyl sites for hydroxylation is 1. The number of para-hydroxylation sites is 1. The second-order valence-corrected chi connectivity index (χ2v) is 9.93. The lowest BCUT2D eigenvalue weighted by Crippen LogP contribution is -2.24. The van der Waals surface area contributed by atoms with Crippen molar-refractivity contribution in [3.8, 4) is 11.8 Å². The number of carbonyl (C=O) groups is 1. The Morgan fingerprint density at radius 3 is 2.88 bits per heavy atom. The second kappa shape index (κ2) is 8.88. The highest BCUT2D eigenvalue weighted by atomic mass is 32.2. The molecule has 4 rings (SSSR count). The molecule has 2 heterocycles. The SMILES string of the molecule is C/C(N)=C(\C#N)C(=O)CSc1nc2sc3c(c2c(=O)n1-c1ccccc1F)CC[C@@H](C)C3. The van der Waals surface area contributed by atoms with Crippen molar-refractivity contribution in [3.63, 3.8) is 0 Å². The molecule has 2 N–H and O–H groups in total. The third-order valence-corrected chi connectivity index (χ3v) is 7.60. The van der Waals surface area contributed by atoms with Gasteiger partial charge in [0.2, 0.25) is 0 Å². The van der Waals surface area contributed by atoms with Crippen molar-refractivity contribution in [2.75, 3.05) is 5.75 Å². The summed E-state index contributed by atoms with van der Waals surface area (Å²) in [6.07, 6.45) is 2.68. The number of rotatable bonds is 5. The Balaban J connectivity index is 1.88. The fraction of sp³-hybridized carbons (Fsp3) is 0.304. The number of hydrogen-bond donors (Lipinski definition) is 1. The average molecular weight is 469 g/mol. The van der Waals surface area contributed by atoms with Crippen LogP contribution >= 0.6 is 23.1 Å². The summed E-state index contributed by atoms with van der Waals surface area (Å²) in [5.74, 6) is -0.638. The van der Waals surface area contributed by atoms with Gasteiger partial charge in [0.1, 0.15) is 22.3 Å². The van der Waals surface area contributed by atoms with E-state index < -0.39 is 11.6 Å². The molecule has 164 valence electrons. The number of fused-ring (bicyclic) bond motifs is 3. The van der Waals surface area contributed by atoms with Gasteiger partial charge in [0.05, 0.1) is 16.8 Å². The number of nitrogens with zero attached hydrogens (tertiary/aromatic N) is 3. The summed E-state index contributed by atoms with van der Waals surface area (Å²) >= 11 is 2.49. The fourth-order valence-electron chi connectivity index (χ4n) is 3.89. The van der Waals surface area contributed by atoms with Gasteiger partial charge in [0.25, 0.3) is 5.56 Å². The Morgan fingerprint density at radius 2 is 2.19 bits per heavy atom. The zero-order valence-corrected chi connectivity index (χ0v) is 19.3. The van der Waals surface area contributed by atoms with Crippen LogP contribution in [-0.2, 0) is 17.6 Å². The zero-order valence-electron chi connectivity index (χ0n) is 17.6. The quantitative estimate of drug-likeness (QED) is 0.261. The number of ketones is 1. The molecule has 0 amide bonds. The van der Waals surface area contributed by atoms with Crippen molar-refractivity contribution in [2.45, 2.75) is 38.3 Å². The lowest BCUT2D eigenvalue weighted by atomic mass is 9.89. The number of halogens is 1. The van der Waals surface area contributed by atoms with E-state index in [1.165, 1.54) is 35.0 Å². The van der Waals surface area contributed by atoms with Gasteiger partial charge in [-0.3, -0.25) is 14.2 Å². The Bertz CT molecular complexity index is 1360. The predicted molar refractivity (Wildman–Crippen MR) is 125 cm³/mol. The molecule has 32 heavy (non-hydrogen) atoms. The van der Waals surface area contributed by atoms with Crippen molar-refractivity contribution >= 4 is 39.1 Å². The molecule has 2 aromatic heterocycles. The molecule has 0 saturated carbocycles. The van der Waals surface area contributed by atoms with Crippen LogP contribution in [0, 0.1) is 23.1 Å². The number of benzene rings is 1. The fourth-order valence-corrected chi connectivity index (χ4v) is 6.19. The maximum Gasteiger partial charge on any atom is 0.267 e. The van der Waals surface area contributed by atoms with E-state index in [1.54, 1.807) is 12.1 Å². The summed E-state index contributed by atoms with van der Waals surface area (Å²) in [4.78, 5) is 32.6. The molecule has 1 aliphatic rings. The molecule has 3 aromatic rings. The van der Waals surface area contributed by atoms with E-state index >= 15 is 0 Å². The minimum absolute atomic E-state index is 0.0806. The van der Waals surface area contributed by atoms with Gasteiger partial charge in [0.15, 0.2) is 10.9 Å². The van der Waals surface area contributed by atoms with Crippen molar-refractivity contribution in [1.82, 2.24) is 9.55 Å². The Kier molecular flexibility index (Phi) is 6.17. The summed E-state index contributed by atoms with van der Waals surface area (Å²) in [6.45, 7) is 3.67. The number of hydrogen-bond acceptors (Lipinski definition) is 7. The molecule has 0 spiro atoms. The molecule has 1 aromatic carbocycles. The highest BCUT2D eigenvalue weighted by molar-refractivity contribution is 7.99. The highest BCUT2D eigenvalue weighted by Crippen LogP contribution is 2.37. The van der Waals surface area contributed by atoms with Gasteiger partial charge in [-0.25, -0.2) is 9.37 Å². The first-order valence-corrected chi connectivity index (χ1v) is 12.0. The van der Waals surface area contributed by atoms with E-state index in [0.29, 0.717) is 16.1 Å². The molecule has 0 unspecified atom stereocenters. The minimum Gasteiger partial charge on any atom is -0.401 e. The lowest BCUT2D eigenvalue weighted by molar-refractivity contribution is -0.112. The molecule has 9 heteroatoms. The number of thiophene rings is 1. The van der Waals surface area contributed by atoms with E-state index in [0.717, 1.165) is 41.5 Å². The molecule has 1 aliphatic carbocycles. The normalized spacial score (nSPS) is 16.4. The average Bonchev–Trinajstić information content (AvgIpc) is 3.11. The van der Waals surface area contributed by atoms with E-state index in [1.807, 2.05) is 6.07 Å². The first kappa shape index (κ1) is 22.2. The zero-order chi connectivity index (χ0) is 23.0. The van der Waals surface area contributed by atoms with E-state index in [4.69, 9.17) is 5.73 Å². The summed E-state index contributed by atoms with van der Waals surface area (Å²) < 4.78 is 16.0. The monoisotopic (exact) mass is 468 g/mol. The predicted octanol–water partition coefficient (Wildman–Crippen LogP) is 4.13. The summed E-state index contributed by atoms with van der Waals surface area (Å²) in [5.41, 5.74) is 6.39. The van der Waals surface area contributed by atoms with Crippen LogP contribution in [0.2, 0.25) is 0 Å². The number of nitrogens with two attached hydrogens (primary N) is 1. The topological polar surface area (TPSA) is 102 Å². The van der Waals surface area contributed by atoms with Crippen LogP contribution in [0.5, 0.6) is 0 Å². The molecule has 1 atom stereocenters. The van der Waals surface area contributed by atoms with Crippen LogP contribution in [-0.4, -0.2) is 21.1 Å². The molecule has 0 aliphatic heterocycles. The maximum atomic E-state index is 14.7. The van der Waals surface area contributed by atoms with Gasteiger partial charge < -0.3 is 5.73 Å². The molecule has 0 saturated heterocycles. The molecule has 0 bridgehead atoms. The van der Waals surface area contributed by atoms with Crippen LogP contribution in [0.25, 0.3) is 15.9 Å². The number of allylic oxidation sites excluding steroid dienone is 2. The van der Waals surface area contributed by atoms with Gasteiger partial charge >= 0.3 is 0 Å². The van der Waals surface area contributed by atoms with Crippen LogP contribution in [0.4, 0.5) is 4.39 Å². The first-order chi connectivity index (χ1) is 15.3. The minimum atomic E-state index is -0.558. The Labute approximate surface area is 192 Å². The lowest BCUT2D eigenvalue weighted by Gasteiger charge is -2.18. The summed E-state index contributed by atoms with van der Waals surface area (Å²) in [6, 6.07) is 7.81.